The van der Waals surface area contributed by atoms with E-state index in [9.17, 15) is 0 Å². The molecule has 0 saturated carbocycles. The van der Waals surface area contributed by atoms with Crippen molar-refractivity contribution in [2.45, 2.75) is 19.8 Å². The normalized spacial score (nSPS) is 10.8. The minimum Gasteiger partial charge on any atom is -0.368 e. The highest BCUT2D eigenvalue weighted by Gasteiger charge is 2.10. The molecule has 0 aliphatic heterocycles. The second-order valence-electron chi connectivity index (χ2n) is 4.15. The number of fused-ring (bicyclic) bond motifs is 1. The average Bonchev–Trinajstić information content (AvgIpc) is 2.77. The van der Waals surface area contributed by atoms with Crippen molar-refractivity contribution >= 4 is 22.9 Å². The SMILES string of the molecule is CCCCNc1nc(N(C)C)nc2nc[nH]c12. The molecular weight excluding hydrogens is 216 g/mol. The van der Waals surface area contributed by atoms with Crippen molar-refractivity contribution in [1.29, 1.82) is 0 Å². The number of hydrogen-bond donors (Lipinski definition) is 2. The summed E-state index contributed by atoms with van der Waals surface area (Å²) in [6.45, 7) is 3.08. The number of aromatic nitrogens is 4. The van der Waals surface area contributed by atoms with E-state index in [1.165, 1.54) is 0 Å². The van der Waals surface area contributed by atoms with Gasteiger partial charge in [-0.15, -0.1) is 0 Å². The molecule has 2 aromatic heterocycles. The summed E-state index contributed by atoms with van der Waals surface area (Å²) in [4.78, 5) is 17.9. The zero-order valence-corrected chi connectivity index (χ0v) is 10.5. The first-order valence-electron chi connectivity index (χ1n) is 5.84. The van der Waals surface area contributed by atoms with E-state index in [1.807, 2.05) is 19.0 Å². The molecule has 0 unspecified atom stereocenters. The van der Waals surface area contributed by atoms with Crippen molar-refractivity contribution in [3.05, 3.63) is 6.33 Å². The fourth-order valence-electron chi connectivity index (χ4n) is 1.53. The van der Waals surface area contributed by atoms with E-state index in [2.05, 4.69) is 32.2 Å². The third kappa shape index (κ3) is 2.46. The van der Waals surface area contributed by atoms with Gasteiger partial charge in [-0.2, -0.15) is 9.97 Å². The smallest absolute Gasteiger partial charge is 0.228 e. The number of anilines is 2. The molecule has 17 heavy (non-hydrogen) atoms. The van der Waals surface area contributed by atoms with E-state index in [4.69, 9.17) is 0 Å². The summed E-state index contributed by atoms with van der Waals surface area (Å²) in [5, 5.41) is 3.32. The van der Waals surface area contributed by atoms with Gasteiger partial charge in [0, 0.05) is 20.6 Å². The lowest BCUT2D eigenvalue weighted by Crippen LogP contribution is -2.14. The predicted molar refractivity (Wildman–Crippen MR) is 69.4 cm³/mol. The Labute approximate surface area is 100 Å². The van der Waals surface area contributed by atoms with Crippen LogP contribution in [0.4, 0.5) is 11.8 Å². The van der Waals surface area contributed by atoms with Crippen LogP contribution in [-0.2, 0) is 0 Å². The topological polar surface area (TPSA) is 69.7 Å². The van der Waals surface area contributed by atoms with Gasteiger partial charge in [0.25, 0.3) is 0 Å². The molecule has 6 nitrogen and oxygen atoms in total. The van der Waals surface area contributed by atoms with Gasteiger partial charge < -0.3 is 15.2 Å². The number of H-pyrrole nitrogens is 1. The fraction of sp³-hybridized carbons (Fsp3) is 0.545. The fourth-order valence-corrected chi connectivity index (χ4v) is 1.53. The summed E-state index contributed by atoms with van der Waals surface area (Å²) in [6, 6.07) is 0. The molecule has 2 rings (SSSR count). The van der Waals surface area contributed by atoms with Crippen LogP contribution < -0.4 is 10.2 Å². The van der Waals surface area contributed by atoms with Gasteiger partial charge in [-0.05, 0) is 6.42 Å². The highest BCUT2D eigenvalue weighted by Crippen LogP contribution is 2.19. The number of imidazole rings is 1. The summed E-state index contributed by atoms with van der Waals surface area (Å²) < 4.78 is 0. The molecule has 0 bridgehead atoms. The van der Waals surface area contributed by atoms with Crippen LogP contribution in [-0.4, -0.2) is 40.6 Å². The molecular formula is C11H18N6. The Kier molecular flexibility index (Phi) is 3.41. The van der Waals surface area contributed by atoms with Crippen molar-refractivity contribution in [3.63, 3.8) is 0 Å². The quantitative estimate of drug-likeness (QED) is 0.769. The minimum atomic E-state index is 0.670. The summed E-state index contributed by atoms with van der Waals surface area (Å²) >= 11 is 0. The van der Waals surface area contributed by atoms with E-state index in [0.29, 0.717) is 11.6 Å². The number of nitrogens with zero attached hydrogens (tertiary/aromatic N) is 4. The monoisotopic (exact) mass is 234 g/mol. The number of unbranched alkanes of at least 4 members (excludes halogenated alkanes) is 1. The maximum Gasteiger partial charge on any atom is 0.228 e. The summed E-state index contributed by atoms with van der Waals surface area (Å²) in [6.07, 6.45) is 3.92. The summed E-state index contributed by atoms with van der Waals surface area (Å²) in [5.74, 6) is 1.49. The molecule has 2 aromatic rings. The average molecular weight is 234 g/mol. The molecule has 0 aromatic carbocycles. The third-order valence-corrected chi connectivity index (χ3v) is 2.50. The van der Waals surface area contributed by atoms with Crippen molar-refractivity contribution in [2.75, 3.05) is 30.9 Å². The molecule has 0 radical (unpaired) electrons. The molecule has 0 saturated heterocycles. The Morgan fingerprint density at radius 2 is 2.18 bits per heavy atom. The van der Waals surface area contributed by atoms with Crippen LogP contribution in [0.3, 0.4) is 0 Å². The molecule has 0 spiro atoms. The van der Waals surface area contributed by atoms with Crippen LogP contribution in [0.1, 0.15) is 19.8 Å². The molecule has 2 heterocycles. The number of nitrogens with one attached hydrogen (secondary N) is 2. The first-order valence-corrected chi connectivity index (χ1v) is 5.84. The maximum atomic E-state index is 4.48. The second kappa shape index (κ2) is 4.99. The zero-order valence-electron chi connectivity index (χ0n) is 10.5. The van der Waals surface area contributed by atoms with Crippen LogP contribution in [0, 0.1) is 0 Å². The van der Waals surface area contributed by atoms with E-state index >= 15 is 0 Å². The molecule has 0 amide bonds. The van der Waals surface area contributed by atoms with Crippen LogP contribution in [0.15, 0.2) is 6.33 Å². The molecule has 6 heteroatoms. The predicted octanol–water partition coefficient (Wildman–Crippen LogP) is 1.63. The number of rotatable bonds is 5. The minimum absolute atomic E-state index is 0.670. The van der Waals surface area contributed by atoms with Crippen molar-refractivity contribution in [1.82, 2.24) is 19.9 Å². The van der Waals surface area contributed by atoms with Crippen LogP contribution in [0.25, 0.3) is 11.2 Å². The molecule has 92 valence electrons. The highest BCUT2D eigenvalue weighted by molar-refractivity contribution is 5.83. The Balaban J connectivity index is 2.33. The second-order valence-corrected chi connectivity index (χ2v) is 4.15. The van der Waals surface area contributed by atoms with Gasteiger partial charge in [0.2, 0.25) is 5.95 Å². The lowest BCUT2D eigenvalue weighted by atomic mass is 10.3. The molecule has 0 aliphatic carbocycles. The molecule has 2 N–H and O–H groups in total. The van der Waals surface area contributed by atoms with Gasteiger partial charge in [-0.25, -0.2) is 4.98 Å². The van der Waals surface area contributed by atoms with Gasteiger partial charge in [-0.3, -0.25) is 0 Å². The maximum absolute atomic E-state index is 4.48. The molecule has 0 atom stereocenters. The first-order chi connectivity index (χ1) is 8.22. The van der Waals surface area contributed by atoms with Gasteiger partial charge in [0.1, 0.15) is 5.52 Å². The standard InChI is InChI=1S/C11H18N6/c1-4-5-6-12-9-8-10(14-7-13-8)16-11(15-9)17(2)3/h7H,4-6H2,1-3H3,(H2,12,13,14,15,16). The summed E-state index contributed by atoms with van der Waals surface area (Å²) in [5.41, 5.74) is 1.56. The van der Waals surface area contributed by atoms with Crippen molar-refractivity contribution in [3.8, 4) is 0 Å². The van der Waals surface area contributed by atoms with Crippen LogP contribution in [0.5, 0.6) is 0 Å². The van der Waals surface area contributed by atoms with Crippen LogP contribution in [0.2, 0.25) is 0 Å². The van der Waals surface area contributed by atoms with E-state index in [-0.39, 0.29) is 0 Å². The van der Waals surface area contributed by atoms with Crippen LogP contribution >= 0.6 is 0 Å². The van der Waals surface area contributed by atoms with Crippen molar-refractivity contribution < 1.29 is 0 Å². The lowest BCUT2D eigenvalue weighted by Gasteiger charge is -2.12. The van der Waals surface area contributed by atoms with E-state index in [1.54, 1.807) is 6.33 Å². The number of aromatic amines is 1. The lowest BCUT2D eigenvalue weighted by molar-refractivity contribution is 0.830. The van der Waals surface area contributed by atoms with Gasteiger partial charge in [0.15, 0.2) is 11.5 Å². The van der Waals surface area contributed by atoms with Crippen molar-refractivity contribution in [2.24, 2.45) is 0 Å². The van der Waals surface area contributed by atoms with Gasteiger partial charge in [-0.1, -0.05) is 13.3 Å². The van der Waals surface area contributed by atoms with Gasteiger partial charge in [0.05, 0.1) is 6.33 Å². The zero-order chi connectivity index (χ0) is 12.3. The van der Waals surface area contributed by atoms with E-state index in [0.717, 1.165) is 30.7 Å². The third-order valence-electron chi connectivity index (χ3n) is 2.50. The number of hydrogen-bond acceptors (Lipinski definition) is 5. The summed E-state index contributed by atoms with van der Waals surface area (Å²) in [7, 11) is 3.84. The molecule has 0 aliphatic rings. The Morgan fingerprint density at radius 3 is 2.88 bits per heavy atom. The highest BCUT2D eigenvalue weighted by atomic mass is 15.2. The Bertz CT molecular complexity index is 490. The Morgan fingerprint density at radius 1 is 1.35 bits per heavy atom. The molecule has 0 fully saturated rings. The largest absolute Gasteiger partial charge is 0.368 e. The van der Waals surface area contributed by atoms with Gasteiger partial charge >= 0.3 is 0 Å². The Hall–Kier alpha value is -1.85. The van der Waals surface area contributed by atoms with E-state index < -0.39 is 0 Å². The first kappa shape index (κ1) is 11.6.